The van der Waals surface area contributed by atoms with E-state index in [2.05, 4.69) is 46.6 Å². The van der Waals surface area contributed by atoms with Gasteiger partial charge in [0.05, 0.1) is 0 Å². The van der Waals surface area contributed by atoms with Crippen LogP contribution in [0, 0.1) is 11.8 Å². The van der Waals surface area contributed by atoms with Gasteiger partial charge in [-0.05, 0) is 64.5 Å². The molecule has 108 valence electrons. The van der Waals surface area contributed by atoms with Crippen molar-refractivity contribution in [2.75, 3.05) is 13.6 Å². The van der Waals surface area contributed by atoms with Crippen molar-refractivity contribution in [1.82, 2.24) is 4.90 Å². The second-order valence-electron chi connectivity index (χ2n) is 7.13. The highest BCUT2D eigenvalue weighted by atomic mass is 32.1. The number of likely N-dealkylation sites (tertiary alicyclic amines) is 1. The van der Waals surface area contributed by atoms with Gasteiger partial charge < -0.3 is 0 Å². The van der Waals surface area contributed by atoms with Crippen molar-refractivity contribution in [2.45, 2.75) is 77.0 Å². The molecule has 1 fully saturated rings. The molecule has 3 unspecified atom stereocenters. The number of rotatable bonds is 3. The summed E-state index contributed by atoms with van der Waals surface area (Å²) in [6, 6.07) is 0. The number of nitrogens with zero attached hydrogens (tertiary/aromatic N) is 1. The van der Waals surface area contributed by atoms with Crippen LogP contribution >= 0.6 is 12.6 Å². The van der Waals surface area contributed by atoms with Crippen molar-refractivity contribution in [2.24, 2.45) is 11.8 Å². The van der Waals surface area contributed by atoms with E-state index in [1.165, 1.54) is 38.6 Å². The van der Waals surface area contributed by atoms with Gasteiger partial charge in [-0.2, -0.15) is 12.6 Å². The maximum atomic E-state index is 5.15. The second kappa shape index (κ2) is 6.17. The molecule has 0 aliphatic carbocycles. The number of hydrogen-bond acceptors (Lipinski definition) is 2. The maximum absolute atomic E-state index is 5.15. The van der Waals surface area contributed by atoms with E-state index in [0.29, 0.717) is 0 Å². The quantitative estimate of drug-likeness (QED) is 0.733. The molecule has 18 heavy (non-hydrogen) atoms. The predicted molar refractivity (Wildman–Crippen MR) is 85.5 cm³/mol. The van der Waals surface area contributed by atoms with Crippen LogP contribution in [0.3, 0.4) is 0 Å². The Morgan fingerprint density at radius 2 is 2.00 bits per heavy atom. The van der Waals surface area contributed by atoms with Crippen LogP contribution < -0.4 is 0 Å². The Morgan fingerprint density at radius 1 is 1.39 bits per heavy atom. The monoisotopic (exact) mass is 271 g/mol. The van der Waals surface area contributed by atoms with Gasteiger partial charge in [-0.3, -0.25) is 4.90 Å². The fourth-order valence-electron chi connectivity index (χ4n) is 4.12. The van der Waals surface area contributed by atoms with E-state index in [4.69, 9.17) is 12.6 Å². The molecule has 0 bridgehead atoms. The fourth-order valence-corrected chi connectivity index (χ4v) is 4.85. The van der Waals surface area contributed by atoms with Gasteiger partial charge in [-0.15, -0.1) is 0 Å². The third kappa shape index (κ3) is 3.25. The number of thiol groups is 1. The SMILES string of the molecule is CCC1(CC(C)C)N(C)CCCC(C)CC1(C)S. The summed E-state index contributed by atoms with van der Waals surface area (Å²) in [5.74, 6) is 1.54. The molecule has 2 heteroatoms. The molecule has 0 amide bonds. The van der Waals surface area contributed by atoms with Gasteiger partial charge >= 0.3 is 0 Å². The average molecular weight is 272 g/mol. The highest BCUT2D eigenvalue weighted by Crippen LogP contribution is 2.46. The van der Waals surface area contributed by atoms with E-state index in [0.717, 1.165) is 11.8 Å². The molecule has 1 rings (SSSR count). The normalized spacial score (nSPS) is 39.7. The summed E-state index contributed by atoms with van der Waals surface area (Å²) in [6.07, 6.45) is 6.38. The largest absolute Gasteiger partial charge is 0.299 e. The molecule has 0 aromatic heterocycles. The Morgan fingerprint density at radius 3 is 2.50 bits per heavy atom. The lowest BCUT2D eigenvalue weighted by Crippen LogP contribution is -2.61. The van der Waals surface area contributed by atoms with Crippen molar-refractivity contribution in [3.05, 3.63) is 0 Å². The average Bonchev–Trinajstić information content (AvgIpc) is 2.22. The molecule has 3 atom stereocenters. The first-order chi connectivity index (χ1) is 8.25. The molecule has 1 aliphatic rings. The minimum Gasteiger partial charge on any atom is -0.299 e. The lowest BCUT2D eigenvalue weighted by Gasteiger charge is -2.55. The summed E-state index contributed by atoms with van der Waals surface area (Å²) in [6.45, 7) is 13.0. The molecule has 1 aliphatic heterocycles. The molecule has 0 N–H and O–H groups in total. The van der Waals surface area contributed by atoms with Crippen LogP contribution in [-0.2, 0) is 0 Å². The lowest BCUT2D eigenvalue weighted by molar-refractivity contribution is 0.0317. The molecular formula is C16H33NS. The topological polar surface area (TPSA) is 3.24 Å². The zero-order chi connectivity index (χ0) is 14.0. The van der Waals surface area contributed by atoms with E-state index >= 15 is 0 Å². The molecule has 1 nitrogen and oxygen atoms in total. The van der Waals surface area contributed by atoms with Crippen LogP contribution in [-0.4, -0.2) is 28.8 Å². The van der Waals surface area contributed by atoms with Crippen LogP contribution in [0.1, 0.15) is 66.7 Å². The Labute approximate surface area is 120 Å². The molecular weight excluding hydrogens is 238 g/mol. The first-order valence-electron chi connectivity index (χ1n) is 7.69. The van der Waals surface area contributed by atoms with Crippen molar-refractivity contribution in [3.63, 3.8) is 0 Å². The van der Waals surface area contributed by atoms with Gasteiger partial charge in [-0.1, -0.05) is 27.7 Å². The molecule has 0 aromatic carbocycles. The van der Waals surface area contributed by atoms with Crippen LogP contribution in [0.4, 0.5) is 0 Å². The zero-order valence-corrected chi connectivity index (χ0v) is 14.2. The second-order valence-corrected chi connectivity index (χ2v) is 8.12. The molecule has 0 aromatic rings. The van der Waals surface area contributed by atoms with E-state index < -0.39 is 0 Å². The lowest BCUT2D eigenvalue weighted by atomic mass is 9.70. The minimum atomic E-state index is 0.112. The first-order valence-corrected chi connectivity index (χ1v) is 8.13. The zero-order valence-electron chi connectivity index (χ0n) is 13.3. The Bertz CT molecular complexity index is 262. The molecule has 0 spiro atoms. The molecule has 0 saturated carbocycles. The highest BCUT2D eigenvalue weighted by Gasteiger charge is 2.48. The van der Waals surface area contributed by atoms with Crippen molar-refractivity contribution < 1.29 is 0 Å². The summed E-state index contributed by atoms with van der Waals surface area (Å²) in [4.78, 5) is 2.62. The van der Waals surface area contributed by atoms with Crippen molar-refractivity contribution in [3.8, 4) is 0 Å². The summed E-state index contributed by atoms with van der Waals surface area (Å²) in [5, 5.41) is 0. The molecule has 1 saturated heterocycles. The maximum Gasteiger partial charge on any atom is 0.0347 e. The summed E-state index contributed by atoms with van der Waals surface area (Å²) in [7, 11) is 2.32. The minimum absolute atomic E-state index is 0.112. The summed E-state index contributed by atoms with van der Waals surface area (Å²) in [5.41, 5.74) is 0.249. The highest BCUT2D eigenvalue weighted by molar-refractivity contribution is 7.81. The van der Waals surface area contributed by atoms with Gasteiger partial charge in [-0.25, -0.2) is 0 Å². The van der Waals surface area contributed by atoms with E-state index in [1.54, 1.807) is 0 Å². The van der Waals surface area contributed by atoms with Crippen LogP contribution in [0.15, 0.2) is 0 Å². The Kier molecular flexibility index (Phi) is 5.61. The fraction of sp³-hybridized carbons (Fsp3) is 1.00. The third-order valence-electron chi connectivity index (χ3n) is 5.00. The third-order valence-corrected chi connectivity index (χ3v) is 5.60. The van der Waals surface area contributed by atoms with E-state index in [1.807, 2.05) is 0 Å². The van der Waals surface area contributed by atoms with Gasteiger partial charge in [0, 0.05) is 10.3 Å². The van der Waals surface area contributed by atoms with E-state index in [9.17, 15) is 0 Å². The van der Waals surface area contributed by atoms with Gasteiger partial charge in [0.2, 0.25) is 0 Å². The number of hydrogen-bond donors (Lipinski definition) is 1. The van der Waals surface area contributed by atoms with Crippen LogP contribution in [0.2, 0.25) is 0 Å². The first kappa shape index (κ1) is 16.4. The van der Waals surface area contributed by atoms with E-state index in [-0.39, 0.29) is 10.3 Å². The predicted octanol–water partition coefficient (Wildman–Crippen LogP) is 4.62. The van der Waals surface area contributed by atoms with Gasteiger partial charge in [0.1, 0.15) is 0 Å². The van der Waals surface area contributed by atoms with Crippen LogP contribution in [0.5, 0.6) is 0 Å². The Balaban J connectivity index is 3.10. The standard InChI is InChI=1S/C16H33NS/c1-7-16(11-13(2)3)15(5,18)12-14(4)9-8-10-17(16)6/h13-14,18H,7-12H2,1-6H3. The Hall–Kier alpha value is 0.310. The van der Waals surface area contributed by atoms with Gasteiger partial charge in [0.15, 0.2) is 0 Å². The summed E-state index contributed by atoms with van der Waals surface area (Å²) < 4.78 is 0.112. The van der Waals surface area contributed by atoms with Gasteiger partial charge in [0.25, 0.3) is 0 Å². The van der Waals surface area contributed by atoms with Crippen molar-refractivity contribution >= 4 is 12.6 Å². The summed E-state index contributed by atoms with van der Waals surface area (Å²) >= 11 is 5.15. The van der Waals surface area contributed by atoms with Crippen LogP contribution in [0.25, 0.3) is 0 Å². The molecule has 0 radical (unpaired) electrons. The smallest absolute Gasteiger partial charge is 0.0347 e. The molecule has 1 heterocycles. The van der Waals surface area contributed by atoms with Crippen molar-refractivity contribution in [1.29, 1.82) is 0 Å².